The first-order valence-corrected chi connectivity index (χ1v) is 9.07. The van der Waals surface area contributed by atoms with Gasteiger partial charge >= 0.3 is 0 Å². The normalized spacial score (nSPS) is 13.2. The lowest BCUT2D eigenvalue weighted by molar-refractivity contribution is -0.115. The van der Waals surface area contributed by atoms with Gasteiger partial charge in [0, 0.05) is 11.8 Å². The standard InChI is InChI=1S/C16H15ClN2O5S/c1-23-10-3-4-12(14(7-10)24-2)19-25(21,22)15-5-9-6-16(20)18-13(9)8-11(15)17/h3-5,7-8,19H,6H2,1-2H3,(H,18,20). The van der Waals surface area contributed by atoms with Crippen molar-refractivity contribution in [1.29, 1.82) is 0 Å². The molecule has 0 saturated heterocycles. The summed E-state index contributed by atoms with van der Waals surface area (Å²) < 4.78 is 38.2. The molecule has 1 aliphatic heterocycles. The molecule has 1 aliphatic rings. The van der Waals surface area contributed by atoms with Crippen LogP contribution >= 0.6 is 11.6 Å². The van der Waals surface area contributed by atoms with Crippen LogP contribution < -0.4 is 19.5 Å². The van der Waals surface area contributed by atoms with E-state index in [2.05, 4.69) is 10.0 Å². The lowest BCUT2D eigenvalue weighted by Crippen LogP contribution is -2.14. The van der Waals surface area contributed by atoms with Gasteiger partial charge in [-0.2, -0.15) is 0 Å². The van der Waals surface area contributed by atoms with Gasteiger partial charge in [-0.15, -0.1) is 0 Å². The molecule has 2 aromatic carbocycles. The number of methoxy groups -OCH3 is 2. The molecule has 0 bridgehead atoms. The summed E-state index contributed by atoms with van der Waals surface area (Å²) >= 11 is 6.11. The minimum absolute atomic E-state index is 0.0147. The Morgan fingerprint density at radius 1 is 1.16 bits per heavy atom. The Labute approximate surface area is 149 Å². The van der Waals surface area contributed by atoms with Gasteiger partial charge in [0.2, 0.25) is 5.91 Å². The zero-order chi connectivity index (χ0) is 18.2. The molecule has 0 saturated carbocycles. The number of anilines is 2. The lowest BCUT2D eigenvalue weighted by atomic mass is 10.2. The fourth-order valence-corrected chi connectivity index (χ4v) is 4.16. The average Bonchev–Trinajstić information content (AvgIpc) is 2.93. The number of sulfonamides is 1. The van der Waals surface area contributed by atoms with Crippen molar-refractivity contribution in [2.45, 2.75) is 11.3 Å². The van der Waals surface area contributed by atoms with Crippen LogP contribution in [0.5, 0.6) is 11.5 Å². The predicted molar refractivity (Wildman–Crippen MR) is 94.1 cm³/mol. The van der Waals surface area contributed by atoms with Gasteiger partial charge < -0.3 is 14.8 Å². The third-order valence-electron chi connectivity index (χ3n) is 3.73. The fourth-order valence-electron chi connectivity index (χ4n) is 2.51. The maximum absolute atomic E-state index is 12.7. The molecule has 0 atom stereocenters. The van der Waals surface area contributed by atoms with E-state index < -0.39 is 10.0 Å². The molecule has 7 nitrogen and oxygen atoms in total. The highest BCUT2D eigenvalue weighted by molar-refractivity contribution is 7.92. The Bertz CT molecular complexity index is 959. The first kappa shape index (κ1) is 17.4. The van der Waals surface area contributed by atoms with E-state index in [-0.39, 0.29) is 27.9 Å². The second-order valence-electron chi connectivity index (χ2n) is 5.34. The number of hydrogen-bond acceptors (Lipinski definition) is 5. The SMILES string of the molecule is COc1ccc(NS(=O)(=O)c2cc3c(cc2Cl)NC(=O)C3)c(OC)c1. The van der Waals surface area contributed by atoms with E-state index in [1.807, 2.05) is 0 Å². The van der Waals surface area contributed by atoms with Crippen LogP contribution in [0.15, 0.2) is 35.2 Å². The summed E-state index contributed by atoms with van der Waals surface area (Å²) in [6.07, 6.45) is 0.112. The van der Waals surface area contributed by atoms with E-state index >= 15 is 0 Å². The second-order valence-corrected chi connectivity index (χ2v) is 7.39. The monoisotopic (exact) mass is 382 g/mol. The highest BCUT2D eigenvalue weighted by atomic mass is 35.5. The quantitative estimate of drug-likeness (QED) is 0.829. The number of nitrogens with one attached hydrogen (secondary N) is 2. The van der Waals surface area contributed by atoms with Gasteiger partial charge in [-0.25, -0.2) is 8.42 Å². The van der Waals surface area contributed by atoms with Crippen molar-refractivity contribution < 1.29 is 22.7 Å². The van der Waals surface area contributed by atoms with Gasteiger partial charge in [0.05, 0.1) is 31.4 Å². The molecular weight excluding hydrogens is 368 g/mol. The number of rotatable bonds is 5. The minimum Gasteiger partial charge on any atom is -0.497 e. The highest BCUT2D eigenvalue weighted by Gasteiger charge is 2.26. The highest BCUT2D eigenvalue weighted by Crippen LogP contribution is 2.35. The molecule has 25 heavy (non-hydrogen) atoms. The average molecular weight is 383 g/mol. The van der Waals surface area contributed by atoms with Crippen LogP contribution in [0.3, 0.4) is 0 Å². The molecule has 0 spiro atoms. The number of amides is 1. The number of fused-ring (bicyclic) bond motifs is 1. The van der Waals surface area contributed by atoms with Crippen molar-refractivity contribution in [1.82, 2.24) is 0 Å². The third-order valence-corrected chi connectivity index (χ3v) is 5.56. The van der Waals surface area contributed by atoms with Gasteiger partial charge in [-0.1, -0.05) is 11.6 Å². The fraction of sp³-hybridized carbons (Fsp3) is 0.188. The molecule has 0 fully saturated rings. The van der Waals surface area contributed by atoms with Crippen LogP contribution in [-0.2, 0) is 21.2 Å². The topological polar surface area (TPSA) is 93.7 Å². The van der Waals surface area contributed by atoms with Crippen molar-refractivity contribution in [2.75, 3.05) is 24.3 Å². The minimum atomic E-state index is -3.98. The summed E-state index contributed by atoms with van der Waals surface area (Å²) in [5.41, 5.74) is 1.35. The van der Waals surface area contributed by atoms with Gasteiger partial charge in [0.1, 0.15) is 16.4 Å². The third kappa shape index (κ3) is 3.35. The van der Waals surface area contributed by atoms with Gasteiger partial charge in [0.25, 0.3) is 10.0 Å². The van der Waals surface area contributed by atoms with Crippen LogP contribution in [0, 0.1) is 0 Å². The van der Waals surface area contributed by atoms with Crippen LogP contribution in [0.1, 0.15) is 5.56 Å². The van der Waals surface area contributed by atoms with Crippen LogP contribution in [0.2, 0.25) is 5.02 Å². The van der Waals surface area contributed by atoms with Crippen LogP contribution in [0.4, 0.5) is 11.4 Å². The number of carbonyl (C=O) groups is 1. The Balaban J connectivity index is 1.99. The molecule has 3 rings (SSSR count). The van der Waals surface area contributed by atoms with Crippen molar-refractivity contribution in [2.24, 2.45) is 0 Å². The second kappa shape index (κ2) is 6.45. The number of carbonyl (C=O) groups excluding carboxylic acids is 1. The smallest absolute Gasteiger partial charge is 0.263 e. The van der Waals surface area contributed by atoms with E-state index in [1.54, 1.807) is 12.1 Å². The summed E-state index contributed by atoms with van der Waals surface area (Å²) in [5.74, 6) is 0.627. The molecule has 1 heterocycles. The summed E-state index contributed by atoms with van der Waals surface area (Å²) in [6, 6.07) is 7.52. The molecule has 0 radical (unpaired) electrons. The Kier molecular flexibility index (Phi) is 4.49. The Morgan fingerprint density at radius 2 is 1.92 bits per heavy atom. The van der Waals surface area contributed by atoms with Crippen LogP contribution in [0.25, 0.3) is 0 Å². The summed E-state index contributed by atoms with van der Waals surface area (Å²) in [6.45, 7) is 0. The maximum atomic E-state index is 12.7. The zero-order valence-corrected chi connectivity index (χ0v) is 15.0. The maximum Gasteiger partial charge on any atom is 0.263 e. The first-order valence-electron chi connectivity index (χ1n) is 7.21. The van der Waals surface area contributed by atoms with Crippen molar-refractivity contribution in [3.05, 3.63) is 40.9 Å². The lowest BCUT2D eigenvalue weighted by Gasteiger charge is -2.14. The van der Waals surface area contributed by atoms with Crippen molar-refractivity contribution in [3.8, 4) is 11.5 Å². The van der Waals surface area contributed by atoms with Gasteiger partial charge in [-0.3, -0.25) is 9.52 Å². The zero-order valence-electron chi connectivity index (χ0n) is 13.4. The summed E-state index contributed by atoms with van der Waals surface area (Å²) in [5, 5.41) is 2.64. The number of benzene rings is 2. The van der Waals surface area contributed by atoms with Gasteiger partial charge in [-0.05, 0) is 29.8 Å². The van der Waals surface area contributed by atoms with E-state index in [0.29, 0.717) is 22.7 Å². The summed E-state index contributed by atoms with van der Waals surface area (Å²) in [4.78, 5) is 11.4. The van der Waals surface area contributed by atoms with Crippen LogP contribution in [-0.4, -0.2) is 28.5 Å². The molecule has 0 aromatic heterocycles. The van der Waals surface area contributed by atoms with E-state index in [4.69, 9.17) is 21.1 Å². The summed E-state index contributed by atoms with van der Waals surface area (Å²) in [7, 11) is -1.06. The molecule has 0 unspecified atom stereocenters. The van der Waals surface area contributed by atoms with E-state index in [9.17, 15) is 13.2 Å². The molecule has 9 heteroatoms. The number of hydrogen-bond donors (Lipinski definition) is 2. The molecule has 0 aliphatic carbocycles. The predicted octanol–water partition coefficient (Wildman–Crippen LogP) is 2.65. The molecule has 2 aromatic rings. The Hall–Kier alpha value is -2.45. The van der Waals surface area contributed by atoms with Crippen molar-refractivity contribution >= 4 is 38.9 Å². The number of ether oxygens (including phenoxy) is 2. The number of halogens is 1. The van der Waals surface area contributed by atoms with E-state index in [0.717, 1.165) is 0 Å². The van der Waals surface area contributed by atoms with Crippen molar-refractivity contribution in [3.63, 3.8) is 0 Å². The van der Waals surface area contributed by atoms with E-state index in [1.165, 1.54) is 32.4 Å². The molecule has 1 amide bonds. The Morgan fingerprint density at radius 3 is 2.60 bits per heavy atom. The molecular formula is C16H15ClN2O5S. The molecule has 132 valence electrons. The molecule has 2 N–H and O–H groups in total. The first-order chi connectivity index (χ1) is 11.8. The largest absolute Gasteiger partial charge is 0.497 e. The van der Waals surface area contributed by atoms with Gasteiger partial charge in [0.15, 0.2) is 0 Å².